The Morgan fingerprint density at radius 3 is 2.54 bits per heavy atom. The van der Waals surface area contributed by atoms with Crippen LogP contribution in [0.2, 0.25) is 19.6 Å². The van der Waals surface area contributed by atoms with Crippen LogP contribution in [0.5, 0.6) is 0 Å². The minimum absolute atomic E-state index is 0.345. The van der Waals surface area contributed by atoms with Crippen LogP contribution in [0.15, 0.2) is 27.4 Å². The lowest BCUT2D eigenvalue weighted by atomic mass is 10.4. The molecule has 1 aromatic heterocycles. The van der Waals surface area contributed by atoms with E-state index in [-0.39, 0.29) is 5.63 Å². The maximum atomic E-state index is 10.8. The number of rotatable bonds is 0. The van der Waals surface area contributed by atoms with E-state index in [0.29, 0.717) is 5.76 Å². The Bertz CT molecular complexity index is 401. The molecule has 2 nitrogen and oxygen atoms in total. The highest BCUT2D eigenvalue weighted by atomic mass is 28.3. The fraction of sp³-hybridized carbons (Fsp3) is 0.300. The van der Waals surface area contributed by atoms with Crippen LogP contribution in [0.1, 0.15) is 5.76 Å². The maximum absolute atomic E-state index is 10.8. The Balaban J connectivity index is 2.97. The lowest BCUT2D eigenvalue weighted by molar-refractivity contribution is 0.499. The largest absolute Gasteiger partial charge is 0.414 e. The molecule has 0 aromatic carbocycles. The molecule has 0 aliphatic heterocycles. The van der Waals surface area contributed by atoms with Crippen molar-refractivity contribution < 1.29 is 4.42 Å². The molecule has 1 rings (SSSR count). The normalized spacial score (nSPS) is 10.4. The summed E-state index contributed by atoms with van der Waals surface area (Å²) < 4.78 is 4.87. The Morgan fingerprint density at radius 1 is 1.31 bits per heavy atom. The molecule has 0 N–H and O–H groups in total. The number of hydrogen-bond donors (Lipinski definition) is 0. The molecule has 1 heterocycles. The molecule has 68 valence electrons. The van der Waals surface area contributed by atoms with Crippen LogP contribution >= 0.6 is 0 Å². The topological polar surface area (TPSA) is 30.2 Å². The summed E-state index contributed by atoms with van der Waals surface area (Å²) >= 11 is 0. The lowest BCUT2D eigenvalue weighted by Gasteiger charge is -2.02. The Kier molecular flexibility index (Phi) is 2.74. The maximum Gasteiger partial charge on any atom is 0.336 e. The second kappa shape index (κ2) is 3.63. The minimum atomic E-state index is -1.38. The minimum Gasteiger partial charge on any atom is -0.414 e. The van der Waals surface area contributed by atoms with Crippen LogP contribution in [0.4, 0.5) is 0 Å². The van der Waals surface area contributed by atoms with Gasteiger partial charge in [0.2, 0.25) is 0 Å². The predicted octanol–water partition coefficient (Wildman–Crippen LogP) is 1.87. The smallest absolute Gasteiger partial charge is 0.336 e. The summed E-state index contributed by atoms with van der Waals surface area (Å²) in [6.45, 7) is 6.42. The molecule has 1 aromatic rings. The molecule has 0 bridgehead atoms. The summed E-state index contributed by atoms with van der Waals surface area (Å²) in [6, 6.07) is 4.73. The molecule has 0 aliphatic rings. The van der Waals surface area contributed by atoms with Gasteiger partial charge in [0, 0.05) is 6.07 Å². The van der Waals surface area contributed by atoms with Gasteiger partial charge in [-0.3, -0.25) is 0 Å². The van der Waals surface area contributed by atoms with E-state index < -0.39 is 8.07 Å². The van der Waals surface area contributed by atoms with Gasteiger partial charge in [0.15, 0.2) is 5.76 Å². The van der Waals surface area contributed by atoms with Crippen LogP contribution in [0.3, 0.4) is 0 Å². The summed E-state index contributed by atoms with van der Waals surface area (Å²) in [5.74, 6) is 3.32. The summed E-state index contributed by atoms with van der Waals surface area (Å²) in [5, 5.41) is 0. The molecule has 0 amide bonds. The molecule has 0 aliphatic carbocycles. The molecule has 0 spiro atoms. The zero-order chi connectivity index (χ0) is 9.90. The van der Waals surface area contributed by atoms with Crippen molar-refractivity contribution in [3.8, 4) is 11.5 Å². The summed E-state index contributed by atoms with van der Waals surface area (Å²) in [5.41, 5.74) is 2.78. The quantitative estimate of drug-likeness (QED) is 0.464. The molecule has 0 atom stereocenters. The van der Waals surface area contributed by atoms with E-state index in [9.17, 15) is 4.79 Å². The second-order valence-corrected chi connectivity index (χ2v) is 8.56. The van der Waals surface area contributed by atoms with Crippen molar-refractivity contribution in [1.82, 2.24) is 0 Å². The summed E-state index contributed by atoms with van der Waals surface area (Å²) in [4.78, 5) is 10.8. The average Bonchev–Trinajstić information content (AvgIpc) is 2.00. The van der Waals surface area contributed by atoms with E-state index in [1.165, 1.54) is 6.07 Å². The molecule has 0 saturated carbocycles. The van der Waals surface area contributed by atoms with E-state index in [0.717, 1.165) is 0 Å². The Morgan fingerprint density at radius 2 is 2.00 bits per heavy atom. The SMILES string of the molecule is C[Si](C)(C)C#Cc1cccc(=O)o1. The van der Waals surface area contributed by atoms with Crippen molar-refractivity contribution in [1.29, 1.82) is 0 Å². The highest BCUT2D eigenvalue weighted by molar-refractivity contribution is 6.83. The van der Waals surface area contributed by atoms with Crippen molar-refractivity contribution >= 4 is 8.07 Å². The molecule has 0 fully saturated rings. The molecule has 0 unspecified atom stereocenters. The van der Waals surface area contributed by atoms with E-state index in [4.69, 9.17) is 4.42 Å². The van der Waals surface area contributed by atoms with Crippen LogP contribution < -0.4 is 5.63 Å². The van der Waals surface area contributed by atoms with Crippen molar-refractivity contribution in [2.75, 3.05) is 0 Å². The van der Waals surface area contributed by atoms with E-state index >= 15 is 0 Å². The van der Waals surface area contributed by atoms with Gasteiger partial charge in [-0.2, -0.15) is 0 Å². The summed E-state index contributed by atoms with van der Waals surface area (Å²) in [6.07, 6.45) is 0. The van der Waals surface area contributed by atoms with Crippen molar-refractivity contribution in [2.24, 2.45) is 0 Å². The monoisotopic (exact) mass is 192 g/mol. The summed E-state index contributed by atoms with van der Waals surface area (Å²) in [7, 11) is -1.38. The third kappa shape index (κ3) is 3.77. The fourth-order valence-corrected chi connectivity index (χ4v) is 1.20. The highest BCUT2D eigenvalue weighted by Gasteiger charge is 2.07. The van der Waals surface area contributed by atoms with Gasteiger partial charge in [0.05, 0.1) is 0 Å². The third-order valence-corrected chi connectivity index (χ3v) is 2.13. The number of hydrogen-bond acceptors (Lipinski definition) is 2. The van der Waals surface area contributed by atoms with Gasteiger partial charge in [-0.1, -0.05) is 25.7 Å². The van der Waals surface area contributed by atoms with Crippen LogP contribution in [0.25, 0.3) is 0 Å². The van der Waals surface area contributed by atoms with Crippen molar-refractivity contribution in [3.63, 3.8) is 0 Å². The molecule has 13 heavy (non-hydrogen) atoms. The first-order chi connectivity index (χ1) is 5.97. The molecular formula is C10H12O2Si. The van der Waals surface area contributed by atoms with Crippen LogP contribution in [0, 0.1) is 11.5 Å². The van der Waals surface area contributed by atoms with E-state index in [2.05, 4.69) is 31.1 Å². The van der Waals surface area contributed by atoms with E-state index in [1.54, 1.807) is 12.1 Å². The molecule has 0 radical (unpaired) electrons. The second-order valence-electron chi connectivity index (χ2n) is 3.81. The first-order valence-electron chi connectivity index (χ1n) is 4.11. The van der Waals surface area contributed by atoms with Gasteiger partial charge in [0.25, 0.3) is 0 Å². The van der Waals surface area contributed by atoms with Gasteiger partial charge in [-0.15, -0.1) is 5.54 Å². The lowest BCUT2D eigenvalue weighted by Crippen LogP contribution is -2.16. The average molecular weight is 192 g/mol. The van der Waals surface area contributed by atoms with Crippen molar-refractivity contribution in [3.05, 3.63) is 34.4 Å². The third-order valence-electron chi connectivity index (χ3n) is 1.25. The van der Waals surface area contributed by atoms with Gasteiger partial charge < -0.3 is 4.42 Å². The first-order valence-corrected chi connectivity index (χ1v) is 7.61. The first kappa shape index (κ1) is 9.81. The predicted molar refractivity (Wildman–Crippen MR) is 55.2 cm³/mol. The molecular weight excluding hydrogens is 180 g/mol. The zero-order valence-corrected chi connectivity index (χ0v) is 9.05. The van der Waals surface area contributed by atoms with Gasteiger partial charge in [-0.05, 0) is 12.0 Å². The van der Waals surface area contributed by atoms with Gasteiger partial charge in [-0.25, -0.2) is 4.79 Å². The van der Waals surface area contributed by atoms with E-state index in [1.807, 2.05) is 0 Å². The zero-order valence-electron chi connectivity index (χ0n) is 8.05. The molecule has 3 heteroatoms. The Labute approximate surface area is 78.6 Å². The molecule has 0 saturated heterocycles. The van der Waals surface area contributed by atoms with Crippen molar-refractivity contribution in [2.45, 2.75) is 19.6 Å². The van der Waals surface area contributed by atoms with Crippen LogP contribution in [-0.2, 0) is 0 Å². The fourth-order valence-electron chi connectivity index (χ4n) is 0.707. The van der Waals surface area contributed by atoms with Crippen LogP contribution in [-0.4, -0.2) is 8.07 Å². The van der Waals surface area contributed by atoms with Gasteiger partial charge in [0.1, 0.15) is 8.07 Å². The highest BCUT2D eigenvalue weighted by Crippen LogP contribution is 1.98. The standard InChI is InChI=1S/C10H12O2Si/c1-13(2,3)8-7-9-5-4-6-10(11)12-9/h4-6H,1-3H3. The Hall–Kier alpha value is -1.27. The van der Waals surface area contributed by atoms with Gasteiger partial charge >= 0.3 is 5.63 Å².